The van der Waals surface area contributed by atoms with Crippen molar-refractivity contribution in [2.24, 2.45) is 0 Å². The Kier molecular flexibility index (Phi) is 6.40. The van der Waals surface area contributed by atoms with E-state index in [0.29, 0.717) is 18.2 Å². The minimum atomic E-state index is -0.421. The van der Waals surface area contributed by atoms with Crippen LogP contribution in [-0.4, -0.2) is 25.1 Å². The summed E-state index contributed by atoms with van der Waals surface area (Å²) in [5.74, 6) is 0.718. The van der Waals surface area contributed by atoms with Gasteiger partial charge in [0.25, 0.3) is 5.91 Å². The number of hydrogen-bond acceptors (Lipinski definition) is 4. The zero-order chi connectivity index (χ0) is 22.8. The van der Waals surface area contributed by atoms with Gasteiger partial charge >= 0.3 is 0 Å². The summed E-state index contributed by atoms with van der Waals surface area (Å²) in [6, 6.07) is 13.5. The maximum atomic E-state index is 12.7. The maximum Gasteiger partial charge on any atom is 0.266 e. The second-order valence-electron chi connectivity index (χ2n) is 8.83. The van der Waals surface area contributed by atoms with Gasteiger partial charge in [-0.3, -0.25) is 4.79 Å². The van der Waals surface area contributed by atoms with Crippen molar-refractivity contribution in [1.29, 1.82) is 5.26 Å². The van der Waals surface area contributed by atoms with E-state index in [9.17, 15) is 10.1 Å². The molecule has 0 radical (unpaired) electrons. The van der Waals surface area contributed by atoms with E-state index in [0.717, 1.165) is 23.3 Å². The number of aryl methyl sites for hydroxylation is 1. The van der Waals surface area contributed by atoms with Crippen molar-refractivity contribution < 1.29 is 9.53 Å². The highest BCUT2D eigenvalue weighted by molar-refractivity contribution is 6.09. The highest BCUT2D eigenvalue weighted by atomic mass is 16.5. The van der Waals surface area contributed by atoms with Gasteiger partial charge in [0.1, 0.15) is 17.4 Å². The maximum absolute atomic E-state index is 12.7. The van der Waals surface area contributed by atoms with Gasteiger partial charge in [0.15, 0.2) is 0 Å². The SMILES string of the molecule is CCOc1ccc(NC(=O)/C(C#N)=C\c2cc3c(cc2C)N(C)C(C)(C)CC3C)cc1. The molecule has 2 aromatic carbocycles. The second kappa shape index (κ2) is 8.85. The Morgan fingerprint density at radius 2 is 2.00 bits per heavy atom. The van der Waals surface area contributed by atoms with Crippen molar-refractivity contribution in [2.45, 2.75) is 52.5 Å². The molecule has 0 fully saturated rings. The van der Waals surface area contributed by atoms with Crippen molar-refractivity contribution in [1.82, 2.24) is 0 Å². The van der Waals surface area contributed by atoms with E-state index in [1.165, 1.54) is 11.3 Å². The van der Waals surface area contributed by atoms with Crippen LogP contribution in [0.2, 0.25) is 0 Å². The van der Waals surface area contributed by atoms with Gasteiger partial charge < -0.3 is 15.0 Å². The predicted octanol–water partition coefficient (Wildman–Crippen LogP) is 5.66. The molecule has 5 heteroatoms. The molecule has 5 nitrogen and oxygen atoms in total. The average Bonchev–Trinajstić information content (AvgIpc) is 2.72. The van der Waals surface area contributed by atoms with Gasteiger partial charge in [0.2, 0.25) is 0 Å². The zero-order valence-corrected chi connectivity index (χ0v) is 19.2. The van der Waals surface area contributed by atoms with E-state index in [1.54, 1.807) is 30.3 Å². The molecule has 0 saturated heterocycles. The minimum absolute atomic E-state index is 0.0779. The highest BCUT2D eigenvalue weighted by Gasteiger charge is 2.34. The number of rotatable bonds is 5. The standard InChI is InChI=1S/C26H31N3O2/c1-7-31-22-10-8-21(9-11-22)28-25(30)20(16-27)13-19-14-23-18(3)15-26(4,5)29(6)24(23)12-17(19)2/h8-14,18H,7,15H2,1-6H3,(H,28,30)/b20-13-. The van der Waals surface area contributed by atoms with E-state index in [4.69, 9.17) is 4.74 Å². The third-order valence-corrected chi connectivity index (χ3v) is 6.11. The first-order valence-corrected chi connectivity index (χ1v) is 10.7. The molecule has 1 atom stereocenters. The van der Waals surface area contributed by atoms with Crippen LogP contribution in [0, 0.1) is 18.3 Å². The quantitative estimate of drug-likeness (QED) is 0.503. The molecule has 1 heterocycles. The highest BCUT2D eigenvalue weighted by Crippen LogP contribution is 2.43. The number of carbonyl (C=O) groups is 1. The molecular formula is C26H31N3O2. The third kappa shape index (κ3) is 4.74. The van der Waals surface area contributed by atoms with Gasteiger partial charge in [-0.1, -0.05) is 6.92 Å². The molecule has 1 aliphatic heterocycles. The van der Waals surface area contributed by atoms with Crippen LogP contribution in [0.5, 0.6) is 5.75 Å². The first kappa shape index (κ1) is 22.4. The summed E-state index contributed by atoms with van der Waals surface area (Å²) in [4.78, 5) is 15.0. The van der Waals surface area contributed by atoms with Gasteiger partial charge in [-0.05, 0) is 99.2 Å². The van der Waals surface area contributed by atoms with Crippen molar-refractivity contribution in [2.75, 3.05) is 23.9 Å². The smallest absolute Gasteiger partial charge is 0.266 e. The molecule has 31 heavy (non-hydrogen) atoms. The fraction of sp³-hybridized carbons (Fsp3) is 0.385. The van der Waals surface area contributed by atoms with E-state index >= 15 is 0 Å². The lowest BCUT2D eigenvalue weighted by atomic mass is 9.79. The van der Waals surface area contributed by atoms with Gasteiger partial charge in [-0.2, -0.15) is 5.26 Å². The topological polar surface area (TPSA) is 65.4 Å². The number of nitriles is 1. The molecule has 162 valence electrons. The number of ether oxygens (including phenoxy) is 1. The van der Waals surface area contributed by atoms with Gasteiger partial charge in [0.05, 0.1) is 6.61 Å². The monoisotopic (exact) mass is 417 g/mol. The average molecular weight is 418 g/mol. The molecule has 0 aliphatic carbocycles. The van der Waals surface area contributed by atoms with Crippen LogP contribution in [0.3, 0.4) is 0 Å². The molecule has 0 bridgehead atoms. The molecule has 2 aromatic rings. The molecule has 1 N–H and O–H groups in total. The Bertz CT molecular complexity index is 1050. The molecule has 0 spiro atoms. The largest absolute Gasteiger partial charge is 0.494 e. The zero-order valence-electron chi connectivity index (χ0n) is 19.2. The van der Waals surface area contributed by atoms with Crippen LogP contribution >= 0.6 is 0 Å². The Hall–Kier alpha value is -3.26. The van der Waals surface area contributed by atoms with Crippen molar-refractivity contribution in [3.8, 4) is 11.8 Å². The lowest BCUT2D eigenvalue weighted by Gasteiger charge is -2.45. The van der Waals surface area contributed by atoms with Crippen LogP contribution in [0.25, 0.3) is 6.08 Å². The van der Waals surface area contributed by atoms with Crippen LogP contribution in [0.1, 0.15) is 56.7 Å². The molecular weight excluding hydrogens is 386 g/mol. The number of nitrogens with zero attached hydrogens (tertiary/aromatic N) is 2. The first-order valence-electron chi connectivity index (χ1n) is 10.7. The van der Waals surface area contributed by atoms with E-state index in [1.807, 2.05) is 13.8 Å². The number of hydrogen-bond donors (Lipinski definition) is 1. The Morgan fingerprint density at radius 3 is 2.61 bits per heavy atom. The van der Waals surface area contributed by atoms with E-state index in [-0.39, 0.29) is 11.1 Å². The van der Waals surface area contributed by atoms with E-state index < -0.39 is 5.91 Å². The van der Waals surface area contributed by atoms with Gasteiger partial charge in [-0.15, -0.1) is 0 Å². The summed E-state index contributed by atoms with van der Waals surface area (Å²) in [7, 11) is 2.13. The van der Waals surface area contributed by atoms with Crippen molar-refractivity contribution >= 4 is 23.4 Å². The minimum Gasteiger partial charge on any atom is -0.494 e. The number of carbonyl (C=O) groups excluding carboxylic acids is 1. The number of nitrogens with one attached hydrogen (secondary N) is 1. The Labute approximate surface area is 185 Å². The predicted molar refractivity (Wildman–Crippen MR) is 127 cm³/mol. The summed E-state index contributed by atoms with van der Waals surface area (Å²) in [6.45, 7) is 11.3. The molecule has 0 aromatic heterocycles. The fourth-order valence-electron chi connectivity index (χ4n) is 4.19. The summed E-state index contributed by atoms with van der Waals surface area (Å²) in [6.07, 6.45) is 2.73. The number of fused-ring (bicyclic) bond motifs is 1. The molecule has 1 amide bonds. The van der Waals surface area contributed by atoms with Crippen LogP contribution in [0.15, 0.2) is 42.0 Å². The lowest BCUT2D eigenvalue weighted by molar-refractivity contribution is -0.112. The summed E-state index contributed by atoms with van der Waals surface area (Å²) in [5, 5.41) is 12.4. The number of anilines is 2. The molecule has 0 saturated carbocycles. The van der Waals surface area contributed by atoms with Crippen LogP contribution < -0.4 is 15.0 Å². The van der Waals surface area contributed by atoms with Gasteiger partial charge in [0, 0.05) is 24.0 Å². The second-order valence-corrected chi connectivity index (χ2v) is 8.83. The van der Waals surface area contributed by atoms with Crippen molar-refractivity contribution in [3.05, 3.63) is 58.7 Å². The molecule has 3 rings (SSSR count). The lowest BCUT2D eigenvalue weighted by Crippen LogP contribution is -2.45. The van der Waals surface area contributed by atoms with Crippen LogP contribution in [-0.2, 0) is 4.79 Å². The van der Waals surface area contributed by atoms with Crippen LogP contribution in [0.4, 0.5) is 11.4 Å². The number of amides is 1. The summed E-state index contributed by atoms with van der Waals surface area (Å²) < 4.78 is 5.42. The Morgan fingerprint density at radius 1 is 1.32 bits per heavy atom. The van der Waals surface area contributed by atoms with Gasteiger partial charge in [-0.25, -0.2) is 0 Å². The summed E-state index contributed by atoms with van der Waals surface area (Å²) >= 11 is 0. The van der Waals surface area contributed by atoms with E-state index in [2.05, 4.69) is 56.2 Å². The first-order chi connectivity index (χ1) is 14.7. The molecule has 1 unspecified atom stereocenters. The number of benzene rings is 2. The fourth-order valence-corrected chi connectivity index (χ4v) is 4.19. The Balaban J connectivity index is 1.88. The third-order valence-electron chi connectivity index (χ3n) is 6.11. The normalized spacial score (nSPS) is 17.5. The van der Waals surface area contributed by atoms with Crippen molar-refractivity contribution in [3.63, 3.8) is 0 Å². The molecule has 1 aliphatic rings. The summed E-state index contributed by atoms with van der Waals surface area (Å²) in [5.41, 5.74) is 5.20.